The summed E-state index contributed by atoms with van der Waals surface area (Å²) in [6.07, 6.45) is 0.405. The number of nitrogens with one attached hydrogen (secondary N) is 1. The number of rotatable bonds is 4. The molecule has 6 heteroatoms. The normalized spacial score (nSPS) is 27.2. The van der Waals surface area contributed by atoms with Gasteiger partial charge in [-0.3, -0.25) is 10.1 Å². The van der Waals surface area contributed by atoms with Crippen LogP contribution < -0.4 is 10.1 Å². The SMILES string of the molecule is CCOC(=O)[C@@H]1C[C@](C)(C#N)[C@H](c2cc(Br)ccc2OC)N1. The third kappa shape index (κ3) is 3.11. The largest absolute Gasteiger partial charge is 0.496 e. The van der Waals surface area contributed by atoms with Gasteiger partial charge in [0.1, 0.15) is 11.8 Å². The van der Waals surface area contributed by atoms with Gasteiger partial charge in [-0.15, -0.1) is 0 Å². The smallest absolute Gasteiger partial charge is 0.323 e. The van der Waals surface area contributed by atoms with Gasteiger partial charge in [-0.2, -0.15) is 5.26 Å². The van der Waals surface area contributed by atoms with Crippen molar-refractivity contribution >= 4 is 21.9 Å². The van der Waals surface area contributed by atoms with E-state index >= 15 is 0 Å². The number of carbonyl (C=O) groups is 1. The van der Waals surface area contributed by atoms with Gasteiger partial charge in [0, 0.05) is 10.0 Å². The summed E-state index contributed by atoms with van der Waals surface area (Å²) in [5, 5.41) is 12.9. The molecule has 1 fully saturated rings. The minimum atomic E-state index is -0.717. The molecule has 1 heterocycles. The van der Waals surface area contributed by atoms with E-state index in [1.165, 1.54) is 0 Å². The number of nitriles is 1. The Bertz CT molecular complexity index is 614. The summed E-state index contributed by atoms with van der Waals surface area (Å²) in [6, 6.07) is 7.19. The molecule has 0 radical (unpaired) electrons. The number of hydrogen-bond donors (Lipinski definition) is 1. The minimum absolute atomic E-state index is 0.306. The average molecular weight is 367 g/mol. The minimum Gasteiger partial charge on any atom is -0.496 e. The molecule has 118 valence electrons. The van der Waals surface area contributed by atoms with Crippen molar-refractivity contribution in [1.29, 1.82) is 5.26 Å². The second-order valence-corrected chi connectivity index (χ2v) is 6.44. The molecular formula is C16H19BrN2O3. The topological polar surface area (TPSA) is 71.4 Å². The molecule has 0 bridgehead atoms. The molecule has 0 unspecified atom stereocenters. The molecule has 2 rings (SSSR count). The number of hydrogen-bond acceptors (Lipinski definition) is 5. The lowest BCUT2D eigenvalue weighted by Crippen LogP contribution is -2.34. The molecule has 0 spiro atoms. The van der Waals surface area contributed by atoms with Gasteiger partial charge < -0.3 is 9.47 Å². The Morgan fingerprint density at radius 3 is 2.91 bits per heavy atom. The van der Waals surface area contributed by atoms with Crippen molar-refractivity contribution in [2.24, 2.45) is 5.41 Å². The zero-order chi connectivity index (χ0) is 16.3. The summed E-state index contributed by atoms with van der Waals surface area (Å²) >= 11 is 3.44. The van der Waals surface area contributed by atoms with Crippen molar-refractivity contribution in [1.82, 2.24) is 5.32 Å². The number of carbonyl (C=O) groups excluding carboxylic acids is 1. The van der Waals surface area contributed by atoms with Gasteiger partial charge in [-0.05, 0) is 38.5 Å². The fraction of sp³-hybridized carbons (Fsp3) is 0.500. The molecule has 3 atom stereocenters. The van der Waals surface area contributed by atoms with Gasteiger partial charge in [-0.1, -0.05) is 15.9 Å². The van der Waals surface area contributed by atoms with Crippen LogP contribution in [0.5, 0.6) is 5.75 Å². The number of ether oxygens (including phenoxy) is 2. The highest BCUT2D eigenvalue weighted by Crippen LogP contribution is 2.46. The van der Waals surface area contributed by atoms with Gasteiger partial charge in [0.15, 0.2) is 0 Å². The van der Waals surface area contributed by atoms with Crippen LogP contribution in [0, 0.1) is 16.7 Å². The van der Waals surface area contributed by atoms with E-state index in [2.05, 4.69) is 27.3 Å². The van der Waals surface area contributed by atoms with E-state index in [1.807, 2.05) is 25.1 Å². The number of nitrogens with zero attached hydrogens (tertiary/aromatic N) is 1. The first-order chi connectivity index (χ1) is 10.4. The fourth-order valence-electron chi connectivity index (χ4n) is 2.85. The summed E-state index contributed by atoms with van der Waals surface area (Å²) in [5.74, 6) is 0.368. The van der Waals surface area contributed by atoms with E-state index in [0.717, 1.165) is 10.0 Å². The van der Waals surface area contributed by atoms with Crippen LogP contribution in [0.4, 0.5) is 0 Å². The van der Waals surface area contributed by atoms with Gasteiger partial charge in [0.25, 0.3) is 0 Å². The maximum absolute atomic E-state index is 12.0. The molecule has 0 aromatic heterocycles. The quantitative estimate of drug-likeness (QED) is 0.829. The number of halogens is 1. The first-order valence-corrected chi connectivity index (χ1v) is 7.92. The van der Waals surface area contributed by atoms with Gasteiger partial charge in [-0.25, -0.2) is 0 Å². The summed E-state index contributed by atoms with van der Waals surface area (Å²) in [7, 11) is 1.59. The molecule has 5 nitrogen and oxygen atoms in total. The van der Waals surface area contributed by atoms with Crippen molar-refractivity contribution < 1.29 is 14.3 Å². The van der Waals surface area contributed by atoms with Crippen molar-refractivity contribution in [3.63, 3.8) is 0 Å². The third-order valence-corrected chi connectivity index (χ3v) is 4.46. The predicted octanol–water partition coefficient (Wildman–Crippen LogP) is 2.95. The molecule has 0 amide bonds. The maximum Gasteiger partial charge on any atom is 0.323 e. The summed E-state index contributed by atoms with van der Waals surface area (Å²) in [5.41, 5.74) is 0.138. The van der Waals surface area contributed by atoms with Crippen LogP contribution in [0.2, 0.25) is 0 Å². The van der Waals surface area contributed by atoms with Gasteiger partial charge >= 0.3 is 5.97 Å². The molecular weight excluding hydrogens is 348 g/mol. The molecule has 22 heavy (non-hydrogen) atoms. The molecule has 1 aliphatic heterocycles. The second kappa shape index (κ2) is 6.67. The predicted molar refractivity (Wildman–Crippen MR) is 85.3 cm³/mol. The zero-order valence-electron chi connectivity index (χ0n) is 12.9. The average Bonchev–Trinajstić information content (AvgIpc) is 2.86. The Hall–Kier alpha value is -1.58. The molecule has 1 aliphatic rings. The van der Waals surface area contributed by atoms with Gasteiger partial charge in [0.05, 0.1) is 31.2 Å². The van der Waals surface area contributed by atoms with Crippen molar-refractivity contribution in [3.05, 3.63) is 28.2 Å². The lowest BCUT2D eigenvalue weighted by molar-refractivity contribution is -0.145. The highest BCUT2D eigenvalue weighted by molar-refractivity contribution is 9.10. The summed E-state index contributed by atoms with van der Waals surface area (Å²) in [6.45, 7) is 3.94. The summed E-state index contributed by atoms with van der Waals surface area (Å²) in [4.78, 5) is 12.0. The molecule has 1 aromatic rings. The number of benzene rings is 1. The van der Waals surface area contributed by atoms with E-state index in [-0.39, 0.29) is 12.0 Å². The van der Waals surface area contributed by atoms with Crippen LogP contribution in [-0.2, 0) is 9.53 Å². The second-order valence-electron chi connectivity index (χ2n) is 5.52. The van der Waals surface area contributed by atoms with Gasteiger partial charge in [0.2, 0.25) is 0 Å². The van der Waals surface area contributed by atoms with E-state index in [4.69, 9.17) is 9.47 Å². The fourth-order valence-corrected chi connectivity index (χ4v) is 3.23. The molecule has 1 saturated heterocycles. The van der Waals surface area contributed by atoms with E-state index in [1.54, 1.807) is 14.0 Å². The molecule has 0 saturated carbocycles. The standard InChI is InChI=1S/C16H19BrN2O3/c1-4-22-15(20)12-8-16(2,9-18)14(19-12)11-7-10(17)5-6-13(11)21-3/h5-7,12,14,19H,4,8H2,1-3H3/t12-,14-,16+/m0/s1. The molecule has 1 aromatic carbocycles. The van der Waals surface area contributed by atoms with Crippen LogP contribution in [0.3, 0.4) is 0 Å². The van der Waals surface area contributed by atoms with Crippen molar-refractivity contribution in [2.75, 3.05) is 13.7 Å². The Kier molecular flexibility index (Phi) is 5.09. The lowest BCUT2D eigenvalue weighted by atomic mass is 9.79. The Balaban J connectivity index is 2.39. The van der Waals surface area contributed by atoms with Crippen LogP contribution in [0.1, 0.15) is 31.9 Å². The first-order valence-electron chi connectivity index (χ1n) is 7.12. The first kappa shape index (κ1) is 16.8. The monoisotopic (exact) mass is 366 g/mol. The maximum atomic E-state index is 12.0. The Morgan fingerprint density at radius 2 is 2.32 bits per heavy atom. The van der Waals surface area contributed by atoms with Crippen molar-refractivity contribution in [2.45, 2.75) is 32.4 Å². The van der Waals surface area contributed by atoms with Crippen LogP contribution in [0.25, 0.3) is 0 Å². The lowest BCUT2D eigenvalue weighted by Gasteiger charge is -2.25. The zero-order valence-corrected chi connectivity index (χ0v) is 14.4. The molecule has 1 N–H and O–H groups in total. The highest BCUT2D eigenvalue weighted by Gasteiger charge is 2.48. The van der Waals surface area contributed by atoms with E-state index in [0.29, 0.717) is 18.8 Å². The van der Waals surface area contributed by atoms with E-state index < -0.39 is 11.5 Å². The summed E-state index contributed by atoms with van der Waals surface area (Å²) < 4.78 is 11.4. The number of esters is 1. The Morgan fingerprint density at radius 1 is 1.59 bits per heavy atom. The third-order valence-electron chi connectivity index (χ3n) is 3.96. The molecule has 0 aliphatic carbocycles. The number of methoxy groups -OCH3 is 1. The van der Waals surface area contributed by atoms with E-state index in [9.17, 15) is 10.1 Å². The van der Waals surface area contributed by atoms with Crippen molar-refractivity contribution in [3.8, 4) is 11.8 Å². The van der Waals surface area contributed by atoms with Crippen LogP contribution in [-0.4, -0.2) is 25.7 Å². The van der Waals surface area contributed by atoms with Crippen LogP contribution in [0.15, 0.2) is 22.7 Å². The Labute approximate surface area is 138 Å². The highest BCUT2D eigenvalue weighted by atomic mass is 79.9. The van der Waals surface area contributed by atoms with Crippen LogP contribution >= 0.6 is 15.9 Å².